The summed E-state index contributed by atoms with van der Waals surface area (Å²) in [5.74, 6) is 1.11. The minimum Gasteiger partial charge on any atom is -0.393 e. The predicted molar refractivity (Wildman–Crippen MR) is 161 cm³/mol. The van der Waals surface area contributed by atoms with Crippen molar-refractivity contribution < 1.29 is 15.3 Å². The zero-order valence-electron chi connectivity index (χ0n) is 24.5. The number of aliphatic hydroxyl groups is 3. The Kier molecular flexibility index (Phi) is 8.20. The first-order chi connectivity index (χ1) is 18.5. The number of rotatable bonds is 8. The molecule has 0 spiro atoms. The fraction of sp³-hybridized carbons (Fsp3) is 0.676. The zero-order chi connectivity index (χ0) is 28.0. The van der Waals surface area contributed by atoms with Crippen molar-refractivity contribution in [1.29, 1.82) is 0 Å². The fourth-order valence-corrected chi connectivity index (χ4v) is 9.39. The standard InChI is InChI=1S/C34H49NO3S/c1-6-8-25-21-39-31(35-25)34(17-18-34)30(38)14-16-32(3,4)29-13-12-27-23(9-7-15-33(27,29)5)10-11-24-19-26(36)20-28(37)22(24)2/h10-11,14,16,21,26-30,36-38H,2,6-9,12-13,15,17-20H2,1,3-5H3/b16-14+,23-10+,24-11-/t26-,27+,28+,29-,30-,33+/m1/s1. The third-order valence-corrected chi connectivity index (χ3v) is 11.8. The van der Waals surface area contributed by atoms with Crippen molar-refractivity contribution >= 4 is 11.3 Å². The molecule has 0 amide bonds. The van der Waals surface area contributed by atoms with Crippen molar-refractivity contribution in [3.8, 4) is 0 Å². The average Bonchev–Trinajstić information content (AvgIpc) is 3.41. The molecule has 4 nitrogen and oxygen atoms in total. The van der Waals surface area contributed by atoms with Crippen molar-refractivity contribution in [3.63, 3.8) is 0 Å². The van der Waals surface area contributed by atoms with Crippen LogP contribution < -0.4 is 0 Å². The van der Waals surface area contributed by atoms with Gasteiger partial charge < -0.3 is 15.3 Å². The van der Waals surface area contributed by atoms with E-state index in [1.165, 1.54) is 37.0 Å². The van der Waals surface area contributed by atoms with Crippen LogP contribution in [0.4, 0.5) is 0 Å². The largest absolute Gasteiger partial charge is 0.393 e. The van der Waals surface area contributed by atoms with E-state index in [0.29, 0.717) is 24.7 Å². The lowest BCUT2D eigenvalue weighted by Gasteiger charge is -2.47. The summed E-state index contributed by atoms with van der Waals surface area (Å²) in [4.78, 5) is 4.90. The van der Waals surface area contributed by atoms with Gasteiger partial charge in [-0.05, 0) is 91.6 Å². The van der Waals surface area contributed by atoms with Crippen molar-refractivity contribution in [2.24, 2.45) is 22.7 Å². The van der Waals surface area contributed by atoms with Gasteiger partial charge in [-0.2, -0.15) is 0 Å². The van der Waals surface area contributed by atoms with Gasteiger partial charge in [0.2, 0.25) is 0 Å². The second kappa shape index (κ2) is 11.0. The molecule has 6 atom stereocenters. The smallest absolute Gasteiger partial charge is 0.102 e. The quantitative estimate of drug-likeness (QED) is 0.299. The number of hydrogen-bond donors (Lipinski definition) is 3. The van der Waals surface area contributed by atoms with Crippen molar-refractivity contribution in [3.05, 3.63) is 63.7 Å². The summed E-state index contributed by atoms with van der Waals surface area (Å²) in [6, 6.07) is 0. The number of aromatic nitrogens is 1. The van der Waals surface area contributed by atoms with Gasteiger partial charge in [0.15, 0.2) is 0 Å². The highest BCUT2D eigenvalue weighted by atomic mass is 32.1. The maximum absolute atomic E-state index is 11.4. The maximum atomic E-state index is 11.4. The summed E-state index contributed by atoms with van der Waals surface area (Å²) in [6.45, 7) is 13.5. The first-order valence-corrected chi connectivity index (χ1v) is 16.2. The van der Waals surface area contributed by atoms with Gasteiger partial charge >= 0.3 is 0 Å². The van der Waals surface area contributed by atoms with Crippen LogP contribution in [0.1, 0.15) is 103 Å². The Labute approximate surface area is 239 Å². The maximum Gasteiger partial charge on any atom is 0.102 e. The molecule has 4 saturated carbocycles. The van der Waals surface area contributed by atoms with Crippen LogP contribution in [0.2, 0.25) is 0 Å². The second-order valence-electron chi connectivity index (χ2n) is 13.8. The molecular formula is C34H49NO3S. The van der Waals surface area contributed by atoms with Crippen molar-refractivity contribution in [1.82, 2.24) is 4.98 Å². The Balaban J connectivity index is 1.31. The van der Waals surface area contributed by atoms with Crippen LogP contribution >= 0.6 is 11.3 Å². The van der Waals surface area contributed by atoms with Crippen LogP contribution in [-0.2, 0) is 11.8 Å². The summed E-state index contributed by atoms with van der Waals surface area (Å²) < 4.78 is 0. The number of aliphatic hydroxyl groups excluding tert-OH is 3. The Bertz CT molecular complexity index is 1150. The molecule has 0 saturated heterocycles. The molecule has 4 fully saturated rings. The van der Waals surface area contributed by atoms with E-state index in [0.717, 1.165) is 48.3 Å². The number of allylic oxidation sites excluding steroid dienone is 4. The summed E-state index contributed by atoms with van der Waals surface area (Å²) in [5.41, 5.74) is 4.48. The Hall–Kier alpha value is -1.53. The SMILES string of the molecule is C=C1/C(=C\C=C2/CCC[C@]3(C)[C@@H](C(C)(C)/C=C/[C@@H](O)C4(c5nc(CCC)cs5)CC4)CC[C@@H]23)C[C@@H](O)C[C@@H]1O. The lowest BCUT2D eigenvalue weighted by atomic mass is 9.57. The van der Waals surface area contributed by atoms with E-state index < -0.39 is 18.3 Å². The monoisotopic (exact) mass is 551 g/mol. The molecule has 3 N–H and O–H groups in total. The van der Waals surface area contributed by atoms with E-state index in [1.807, 2.05) is 0 Å². The van der Waals surface area contributed by atoms with Crippen molar-refractivity contribution in [2.75, 3.05) is 0 Å². The van der Waals surface area contributed by atoms with E-state index in [-0.39, 0.29) is 16.2 Å². The molecule has 1 aromatic heterocycles. The minimum absolute atomic E-state index is 0.0103. The summed E-state index contributed by atoms with van der Waals surface area (Å²) in [6.07, 6.45) is 18.3. The highest BCUT2D eigenvalue weighted by Crippen LogP contribution is 2.62. The lowest BCUT2D eigenvalue weighted by molar-refractivity contribution is 0.0706. The molecule has 5 heteroatoms. The number of aryl methyl sites for hydroxylation is 1. The second-order valence-corrected chi connectivity index (χ2v) is 14.6. The number of thiazole rings is 1. The molecule has 0 bridgehead atoms. The molecule has 4 aliphatic rings. The zero-order valence-corrected chi connectivity index (χ0v) is 25.3. The molecule has 1 heterocycles. The molecule has 214 valence electrons. The number of hydrogen-bond acceptors (Lipinski definition) is 5. The topological polar surface area (TPSA) is 73.6 Å². The molecule has 5 rings (SSSR count). The van der Waals surface area contributed by atoms with E-state index in [9.17, 15) is 15.3 Å². The lowest BCUT2D eigenvalue weighted by Crippen LogP contribution is -2.39. The molecule has 0 unspecified atom stereocenters. The number of nitrogens with zero attached hydrogens (tertiary/aromatic N) is 1. The van der Waals surface area contributed by atoms with Crippen molar-refractivity contribution in [2.45, 2.75) is 122 Å². The van der Waals surface area contributed by atoms with Gasteiger partial charge in [0, 0.05) is 11.8 Å². The van der Waals surface area contributed by atoms with Gasteiger partial charge in [0.05, 0.1) is 29.4 Å². The van der Waals surface area contributed by atoms with Crippen LogP contribution in [0.15, 0.2) is 53.0 Å². The summed E-state index contributed by atoms with van der Waals surface area (Å²) in [5, 5.41) is 35.1. The van der Waals surface area contributed by atoms with E-state index in [1.54, 1.807) is 11.3 Å². The van der Waals surface area contributed by atoms with Gasteiger partial charge in [-0.3, -0.25) is 0 Å². The Morgan fingerprint density at radius 3 is 2.69 bits per heavy atom. The normalized spacial score (nSPS) is 35.6. The molecule has 0 radical (unpaired) electrons. The predicted octanol–water partition coefficient (Wildman–Crippen LogP) is 7.21. The third-order valence-electron chi connectivity index (χ3n) is 10.7. The molecule has 1 aromatic rings. The molecule has 4 aliphatic carbocycles. The van der Waals surface area contributed by atoms with E-state index in [2.05, 4.69) is 64.0 Å². The van der Waals surface area contributed by atoms with Crippen LogP contribution in [0, 0.1) is 22.7 Å². The molecule has 0 aliphatic heterocycles. The molecular weight excluding hydrogens is 502 g/mol. The summed E-state index contributed by atoms with van der Waals surface area (Å²) >= 11 is 1.73. The van der Waals surface area contributed by atoms with Gasteiger partial charge in [0.1, 0.15) is 5.01 Å². The summed E-state index contributed by atoms with van der Waals surface area (Å²) in [7, 11) is 0. The number of fused-ring (bicyclic) bond motifs is 1. The highest BCUT2D eigenvalue weighted by molar-refractivity contribution is 7.09. The van der Waals surface area contributed by atoms with Gasteiger partial charge in [0.25, 0.3) is 0 Å². The first-order valence-electron chi connectivity index (χ1n) is 15.3. The Morgan fingerprint density at radius 1 is 1.21 bits per heavy atom. The minimum atomic E-state index is -0.641. The third kappa shape index (κ3) is 5.54. The Morgan fingerprint density at radius 2 is 1.97 bits per heavy atom. The van der Waals surface area contributed by atoms with Crippen LogP contribution in [-0.4, -0.2) is 38.6 Å². The average molecular weight is 552 g/mol. The van der Waals surface area contributed by atoms with Crippen LogP contribution in [0.5, 0.6) is 0 Å². The van der Waals surface area contributed by atoms with Gasteiger partial charge in [-0.25, -0.2) is 4.98 Å². The van der Waals surface area contributed by atoms with Crippen LogP contribution in [0.3, 0.4) is 0 Å². The van der Waals surface area contributed by atoms with Gasteiger partial charge in [-0.15, -0.1) is 11.3 Å². The highest BCUT2D eigenvalue weighted by Gasteiger charge is 2.54. The fourth-order valence-electron chi connectivity index (χ4n) is 8.24. The van der Waals surface area contributed by atoms with Crippen LogP contribution in [0.25, 0.3) is 0 Å². The molecule has 39 heavy (non-hydrogen) atoms. The van der Waals surface area contributed by atoms with E-state index in [4.69, 9.17) is 4.98 Å². The van der Waals surface area contributed by atoms with Gasteiger partial charge in [-0.1, -0.05) is 70.6 Å². The molecule has 0 aromatic carbocycles. The van der Waals surface area contributed by atoms with E-state index >= 15 is 0 Å². The first kappa shape index (κ1) is 29.0.